The highest BCUT2D eigenvalue weighted by molar-refractivity contribution is 7.99. The Balaban J connectivity index is 1.71. The fourth-order valence-corrected chi connectivity index (χ4v) is 2.85. The standard InChI is InChI=1S/C14H12FN5O2S/c1-8-5-11(21)17-13-18-19-14(20(8)13)23-7-12(22)16-10-4-2-3-9(15)6-10/h2-6H,7H2,1H3,(H,16,22)(H,17,18,21). The van der Waals surface area contributed by atoms with E-state index in [1.54, 1.807) is 17.4 Å². The Kier molecular flexibility index (Phi) is 4.11. The molecule has 1 aromatic carbocycles. The molecule has 2 N–H and O–H groups in total. The molecule has 118 valence electrons. The number of aromatic amines is 1. The van der Waals surface area contributed by atoms with Gasteiger partial charge in [-0.15, -0.1) is 10.2 Å². The molecule has 0 saturated heterocycles. The molecular weight excluding hydrogens is 321 g/mol. The third-order valence-electron chi connectivity index (χ3n) is 3.00. The molecule has 23 heavy (non-hydrogen) atoms. The van der Waals surface area contributed by atoms with E-state index >= 15 is 0 Å². The van der Waals surface area contributed by atoms with Crippen LogP contribution in [-0.2, 0) is 4.79 Å². The lowest BCUT2D eigenvalue weighted by atomic mass is 10.3. The van der Waals surface area contributed by atoms with Crippen molar-refractivity contribution >= 4 is 29.1 Å². The molecule has 0 fully saturated rings. The second-order valence-corrected chi connectivity index (χ2v) is 5.71. The summed E-state index contributed by atoms with van der Waals surface area (Å²) in [6, 6.07) is 7.09. The van der Waals surface area contributed by atoms with E-state index in [-0.39, 0.29) is 17.2 Å². The summed E-state index contributed by atoms with van der Waals surface area (Å²) in [5, 5.41) is 10.9. The lowest BCUT2D eigenvalue weighted by Gasteiger charge is -2.05. The molecular formula is C14H12FN5O2S. The molecule has 0 aliphatic carbocycles. The van der Waals surface area contributed by atoms with Crippen LogP contribution in [0.4, 0.5) is 10.1 Å². The number of fused-ring (bicyclic) bond motifs is 1. The fourth-order valence-electron chi connectivity index (χ4n) is 2.06. The molecule has 0 unspecified atom stereocenters. The summed E-state index contributed by atoms with van der Waals surface area (Å²) in [5.74, 6) is -0.309. The Labute approximate surface area is 133 Å². The highest BCUT2D eigenvalue weighted by Gasteiger charge is 2.12. The summed E-state index contributed by atoms with van der Waals surface area (Å²) in [5.41, 5.74) is 0.798. The van der Waals surface area contributed by atoms with Gasteiger partial charge in [-0.25, -0.2) is 4.39 Å². The van der Waals surface area contributed by atoms with Crippen LogP contribution < -0.4 is 10.9 Å². The maximum absolute atomic E-state index is 13.1. The fraction of sp³-hybridized carbons (Fsp3) is 0.143. The SMILES string of the molecule is Cc1cc(=O)[nH]c2nnc(SCC(=O)Nc3cccc(F)c3)n12. The Bertz CT molecular complexity index is 936. The quantitative estimate of drug-likeness (QED) is 0.708. The zero-order chi connectivity index (χ0) is 16.4. The highest BCUT2D eigenvalue weighted by atomic mass is 32.2. The summed E-state index contributed by atoms with van der Waals surface area (Å²) >= 11 is 1.17. The lowest BCUT2D eigenvalue weighted by molar-refractivity contribution is -0.113. The topological polar surface area (TPSA) is 92.2 Å². The predicted molar refractivity (Wildman–Crippen MR) is 84.1 cm³/mol. The van der Waals surface area contributed by atoms with Gasteiger partial charge >= 0.3 is 0 Å². The maximum atomic E-state index is 13.1. The predicted octanol–water partition coefficient (Wildman–Crippen LogP) is 1.60. The Morgan fingerprint density at radius 1 is 1.39 bits per heavy atom. The van der Waals surface area contributed by atoms with Crippen molar-refractivity contribution < 1.29 is 9.18 Å². The number of H-pyrrole nitrogens is 1. The van der Waals surface area contributed by atoms with Crippen molar-refractivity contribution in [3.05, 3.63) is 52.2 Å². The van der Waals surface area contributed by atoms with Crippen LogP contribution in [0.5, 0.6) is 0 Å². The smallest absolute Gasteiger partial charge is 0.252 e. The van der Waals surface area contributed by atoms with Crippen molar-refractivity contribution in [3.8, 4) is 0 Å². The molecule has 0 aliphatic heterocycles. The number of anilines is 1. The summed E-state index contributed by atoms with van der Waals surface area (Å²) in [7, 11) is 0. The number of aromatic nitrogens is 4. The molecule has 1 amide bonds. The Morgan fingerprint density at radius 2 is 2.22 bits per heavy atom. The van der Waals surface area contributed by atoms with Crippen LogP contribution in [0.1, 0.15) is 5.69 Å². The van der Waals surface area contributed by atoms with Gasteiger partial charge in [0, 0.05) is 17.4 Å². The van der Waals surface area contributed by atoms with E-state index in [1.165, 1.54) is 36.0 Å². The van der Waals surface area contributed by atoms with E-state index in [4.69, 9.17) is 0 Å². The molecule has 0 saturated carbocycles. The molecule has 0 atom stereocenters. The summed E-state index contributed by atoms with van der Waals surface area (Å²) in [6.45, 7) is 1.75. The van der Waals surface area contributed by atoms with Gasteiger partial charge in [-0.2, -0.15) is 0 Å². The summed E-state index contributed by atoms with van der Waals surface area (Å²) < 4.78 is 14.7. The third-order valence-corrected chi connectivity index (χ3v) is 3.93. The van der Waals surface area contributed by atoms with Crippen molar-refractivity contribution in [2.45, 2.75) is 12.1 Å². The highest BCUT2D eigenvalue weighted by Crippen LogP contribution is 2.17. The van der Waals surface area contributed by atoms with Crippen molar-refractivity contribution in [1.29, 1.82) is 0 Å². The Morgan fingerprint density at radius 3 is 3.00 bits per heavy atom. The normalized spacial score (nSPS) is 10.9. The number of halogens is 1. The first kappa shape index (κ1) is 15.2. The van der Waals surface area contributed by atoms with Gasteiger partial charge in [-0.05, 0) is 25.1 Å². The van der Waals surface area contributed by atoms with E-state index in [9.17, 15) is 14.0 Å². The van der Waals surface area contributed by atoms with Crippen LogP contribution in [-0.4, -0.2) is 31.2 Å². The number of carbonyl (C=O) groups is 1. The zero-order valence-electron chi connectivity index (χ0n) is 12.0. The van der Waals surface area contributed by atoms with E-state index in [0.29, 0.717) is 22.3 Å². The molecule has 3 aromatic rings. The van der Waals surface area contributed by atoms with E-state index in [0.717, 1.165) is 0 Å². The lowest BCUT2D eigenvalue weighted by Crippen LogP contribution is -2.14. The van der Waals surface area contributed by atoms with Crippen molar-refractivity contribution in [1.82, 2.24) is 19.6 Å². The zero-order valence-corrected chi connectivity index (χ0v) is 12.9. The summed E-state index contributed by atoms with van der Waals surface area (Å²) in [6.07, 6.45) is 0. The molecule has 3 rings (SSSR count). The van der Waals surface area contributed by atoms with Gasteiger partial charge in [0.15, 0.2) is 5.16 Å². The molecule has 7 nitrogen and oxygen atoms in total. The largest absolute Gasteiger partial charge is 0.325 e. The van der Waals surface area contributed by atoms with Crippen LogP contribution >= 0.6 is 11.8 Å². The number of hydrogen-bond donors (Lipinski definition) is 2. The number of thioether (sulfide) groups is 1. The summed E-state index contributed by atoms with van der Waals surface area (Å²) in [4.78, 5) is 25.9. The van der Waals surface area contributed by atoms with Crippen LogP contribution in [0.15, 0.2) is 40.3 Å². The van der Waals surface area contributed by atoms with Crippen molar-refractivity contribution in [2.75, 3.05) is 11.1 Å². The molecule has 9 heteroatoms. The number of nitrogens with zero attached hydrogens (tertiary/aromatic N) is 3. The van der Waals surface area contributed by atoms with Gasteiger partial charge < -0.3 is 5.32 Å². The number of nitrogens with one attached hydrogen (secondary N) is 2. The minimum atomic E-state index is -0.418. The molecule has 2 aromatic heterocycles. The van der Waals surface area contributed by atoms with Crippen LogP contribution in [0, 0.1) is 12.7 Å². The minimum absolute atomic E-state index is 0.0792. The first-order valence-electron chi connectivity index (χ1n) is 6.66. The molecule has 0 spiro atoms. The second-order valence-electron chi connectivity index (χ2n) is 4.76. The molecule has 0 bridgehead atoms. The number of hydrogen-bond acceptors (Lipinski definition) is 5. The number of aryl methyl sites for hydroxylation is 1. The first-order chi connectivity index (χ1) is 11.0. The molecule has 0 aliphatic rings. The number of carbonyl (C=O) groups excluding carboxylic acids is 1. The number of rotatable bonds is 4. The number of amides is 1. The maximum Gasteiger partial charge on any atom is 0.252 e. The van der Waals surface area contributed by atoms with Gasteiger partial charge in [0.1, 0.15) is 5.82 Å². The average molecular weight is 333 g/mol. The van der Waals surface area contributed by atoms with Gasteiger partial charge in [0.05, 0.1) is 5.75 Å². The molecule has 0 radical (unpaired) electrons. The van der Waals surface area contributed by atoms with Crippen LogP contribution in [0.3, 0.4) is 0 Å². The average Bonchev–Trinajstić information content (AvgIpc) is 2.88. The van der Waals surface area contributed by atoms with Crippen molar-refractivity contribution in [3.63, 3.8) is 0 Å². The van der Waals surface area contributed by atoms with Gasteiger partial charge in [-0.1, -0.05) is 17.8 Å². The van der Waals surface area contributed by atoms with Crippen LogP contribution in [0.2, 0.25) is 0 Å². The van der Waals surface area contributed by atoms with Crippen LogP contribution in [0.25, 0.3) is 5.78 Å². The first-order valence-corrected chi connectivity index (χ1v) is 7.65. The van der Waals surface area contributed by atoms with E-state index in [1.807, 2.05) is 0 Å². The second kappa shape index (κ2) is 6.21. The van der Waals surface area contributed by atoms with Gasteiger partial charge in [0.2, 0.25) is 11.7 Å². The third kappa shape index (κ3) is 3.39. The minimum Gasteiger partial charge on any atom is -0.325 e. The van der Waals surface area contributed by atoms with Gasteiger partial charge in [-0.3, -0.25) is 19.0 Å². The monoisotopic (exact) mass is 333 g/mol. The molecule has 2 heterocycles. The van der Waals surface area contributed by atoms with E-state index in [2.05, 4.69) is 20.5 Å². The van der Waals surface area contributed by atoms with Gasteiger partial charge in [0.25, 0.3) is 5.56 Å². The van der Waals surface area contributed by atoms with E-state index < -0.39 is 5.82 Å². The Hall–Kier alpha value is -2.68. The number of benzene rings is 1. The van der Waals surface area contributed by atoms with Crippen molar-refractivity contribution in [2.24, 2.45) is 0 Å².